The molecule has 0 radical (unpaired) electrons. The molecule has 1 aromatic rings. The standard InChI is InChI=1S/C23H23NO9/c1-4-13-32-16-7-5-15(6-8-16)21(14(2)22(29)31-3)17(9-12-20(27)28)23(30)33-24-18(25)10-11-19(24)26/h1,5-8,17,21H,2,9-13H2,3H3,(H,27,28). The highest BCUT2D eigenvalue weighted by molar-refractivity contribution is 6.01. The number of methoxy groups -OCH3 is 1. The van der Waals surface area contributed by atoms with Crippen LogP contribution in [-0.2, 0) is 33.5 Å². The van der Waals surface area contributed by atoms with Gasteiger partial charge in [0.15, 0.2) is 0 Å². The van der Waals surface area contributed by atoms with Gasteiger partial charge in [0.25, 0.3) is 11.8 Å². The van der Waals surface area contributed by atoms with E-state index in [-0.39, 0.29) is 31.4 Å². The minimum Gasteiger partial charge on any atom is -0.481 e. The van der Waals surface area contributed by atoms with Gasteiger partial charge < -0.3 is 19.4 Å². The lowest BCUT2D eigenvalue weighted by Crippen LogP contribution is -2.37. The smallest absolute Gasteiger partial charge is 0.337 e. The molecule has 1 aromatic carbocycles. The third kappa shape index (κ3) is 6.43. The van der Waals surface area contributed by atoms with Crippen molar-refractivity contribution in [3.05, 3.63) is 42.0 Å². The van der Waals surface area contributed by atoms with E-state index in [2.05, 4.69) is 12.5 Å². The second-order valence-electron chi connectivity index (χ2n) is 7.09. The summed E-state index contributed by atoms with van der Waals surface area (Å²) in [7, 11) is 1.13. The Balaban J connectivity index is 2.44. The molecule has 1 fully saturated rings. The van der Waals surface area contributed by atoms with Crippen LogP contribution in [-0.4, -0.2) is 53.6 Å². The molecule has 0 aliphatic carbocycles. The highest BCUT2D eigenvalue weighted by Crippen LogP contribution is 2.37. The first kappa shape index (κ1) is 25.1. The van der Waals surface area contributed by atoms with Gasteiger partial charge in [-0.15, -0.1) is 11.5 Å². The molecule has 10 nitrogen and oxygen atoms in total. The van der Waals surface area contributed by atoms with Crippen molar-refractivity contribution >= 4 is 29.7 Å². The number of amides is 2. The SMILES string of the molecule is C#CCOc1ccc(C(C(=C)C(=O)OC)C(CCC(=O)O)C(=O)ON2C(=O)CCC2=O)cc1. The van der Waals surface area contributed by atoms with E-state index in [1.165, 1.54) is 0 Å². The van der Waals surface area contributed by atoms with Crippen LogP contribution in [0.25, 0.3) is 0 Å². The molecule has 1 heterocycles. The summed E-state index contributed by atoms with van der Waals surface area (Å²) in [5.41, 5.74) is 0.270. The number of ether oxygens (including phenoxy) is 2. The Bertz CT molecular complexity index is 974. The summed E-state index contributed by atoms with van der Waals surface area (Å²) in [6.07, 6.45) is 4.24. The second kappa shape index (κ2) is 11.5. The van der Waals surface area contributed by atoms with Crippen LogP contribution in [0.4, 0.5) is 0 Å². The number of rotatable bonds is 11. The third-order valence-corrected chi connectivity index (χ3v) is 4.95. The Labute approximate surface area is 190 Å². The lowest BCUT2D eigenvalue weighted by Gasteiger charge is -2.27. The first-order valence-electron chi connectivity index (χ1n) is 9.92. The van der Waals surface area contributed by atoms with Gasteiger partial charge in [0.2, 0.25) is 0 Å². The van der Waals surface area contributed by atoms with Crippen molar-refractivity contribution in [3.8, 4) is 18.1 Å². The predicted molar refractivity (Wildman–Crippen MR) is 112 cm³/mol. The van der Waals surface area contributed by atoms with E-state index in [9.17, 15) is 24.0 Å². The summed E-state index contributed by atoms with van der Waals surface area (Å²) >= 11 is 0. The van der Waals surface area contributed by atoms with Crippen LogP contribution in [0.3, 0.4) is 0 Å². The van der Waals surface area contributed by atoms with E-state index in [1.807, 2.05) is 0 Å². The van der Waals surface area contributed by atoms with Gasteiger partial charge in [-0.2, -0.15) is 0 Å². The highest BCUT2D eigenvalue weighted by atomic mass is 16.7. The molecule has 174 valence electrons. The molecule has 0 aromatic heterocycles. The van der Waals surface area contributed by atoms with Gasteiger partial charge in [0.1, 0.15) is 12.4 Å². The monoisotopic (exact) mass is 457 g/mol. The first-order valence-corrected chi connectivity index (χ1v) is 9.92. The van der Waals surface area contributed by atoms with E-state index < -0.39 is 48.0 Å². The fourth-order valence-corrected chi connectivity index (χ4v) is 3.35. The van der Waals surface area contributed by atoms with Crippen molar-refractivity contribution < 1.29 is 43.4 Å². The molecule has 0 spiro atoms. The fourth-order valence-electron chi connectivity index (χ4n) is 3.35. The number of carbonyl (C=O) groups excluding carboxylic acids is 4. The van der Waals surface area contributed by atoms with Crippen LogP contribution in [0.1, 0.15) is 37.2 Å². The van der Waals surface area contributed by atoms with Crippen molar-refractivity contribution in [2.24, 2.45) is 5.92 Å². The number of aliphatic carboxylic acids is 1. The van der Waals surface area contributed by atoms with Crippen molar-refractivity contribution in [2.45, 2.75) is 31.6 Å². The number of terminal acetylenes is 1. The number of carboxylic acids is 1. The predicted octanol–water partition coefficient (Wildman–Crippen LogP) is 1.60. The Kier molecular flexibility index (Phi) is 8.74. The molecule has 10 heteroatoms. The number of nitrogens with zero attached hydrogens (tertiary/aromatic N) is 1. The minimum atomic E-state index is -1.27. The normalized spacial score (nSPS) is 14.7. The van der Waals surface area contributed by atoms with Gasteiger partial charge in [-0.1, -0.05) is 24.6 Å². The number of carboxylic acid groups (broad SMARTS) is 1. The van der Waals surface area contributed by atoms with Gasteiger partial charge in [0, 0.05) is 30.8 Å². The van der Waals surface area contributed by atoms with Crippen molar-refractivity contribution in [2.75, 3.05) is 13.7 Å². The zero-order valence-electron chi connectivity index (χ0n) is 17.9. The Hall–Kier alpha value is -4.13. The van der Waals surface area contributed by atoms with Gasteiger partial charge >= 0.3 is 17.9 Å². The molecule has 1 N–H and O–H groups in total. The van der Waals surface area contributed by atoms with Crippen molar-refractivity contribution in [3.63, 3.8) is 0 Å². The molecular formula is C23H23NO9. The average molecular weight is 457 g/mol. The van der Waals surface area contributed by atoms with E-state index in [0.29, 0.717) is 16.4 Å². The third-order valence-electron chi connectivity index (χ3n) is 4.95. The number of benzene rings is 1. The van der Waals surface area contributed by atoms with E-state index in [0.717, 1.165) is 7.11 Å². The molecule has 2 rings (SSSR count). The average Bonchev–Trinajstić information content (AvgIpc) is 3.11. The molecule has 0 bridgehead atoms. The number of esters is 1. The molecular weight excluding hydrogens is 434 g/mol. The lowest BCUT2D eigenvalue weighted by molar-refractivity contribution is -0.201. The fraction of sp³-hybridized carbons (Fsp3) is 0.348. The van der Waals surface area contributed by atoms with Crippen molar-refractivity contribution in [1.29, 1.82) is 0 Å². The van der Waals surface area contributed by atoms with Gasteiger partial charge in [0.05, 0.1) is 13.0 Å². The van der Waals surface area contributed by atoms with Crippen LogP contribution in [0.2, 0.25) is 0 Å². The molecule has 1 aliphatic heterocycles. The molecule has 2 atom stereocenters. The topological polar surface area (TPSA) is 137 Å². The summed E-state index contributed by atoms with van der Waals surface area (Å²) in [6.45, 7) is 3.76. The van der Waals surface area contributed by atoms with E-state index >= 15 is 0 Å². The maximum absolute atomic E-state index is 13.0. The minimum absolute atomic E-state index is 0.0309. The second-order valence-corrected chi connectivity index (χ2v) is 7.09. The summed E-state index contributed by atoms with van der Waals surface area (Å²) in [5, 5.41) is 9.53. The summed E-state index contributed by atoms with van der Waals surface area (Å²) in [5.74, 6) is -4.05. The Morgan fingerprint density at radius 2 is 1.79 bits per heavy atom. The van der Waals surface area contributed by atoms with Crippen LogP contribution >= 0.6 is 0 Å². The van der Waals surface area contributed by atoms with Gasteiger partial charge in [-0.05, 0) is 24.1 Å². The zero-order chi connectivity index (χ0) is 24.5. The first-order chi connectivity index (χ1) is 15.7. The zero-order valence-corrected chi connectivity index (χ0v) is 17.9. The molecule has 1 saturated heterocycles. The largest absolute Gasteiger partial charge is 0.481 e. The molecule has 2 unspecified atom stereocenters. The van der Waals surface area contributed by atoms with E-state index in [1.54, 1.807) is 24.3 Å². The van der Waals surface area contributed by atoms with Gasteiger partial charge in [-0.3, -0.25) is 14.4 Å². The number of hydrogen-bond acceptors (Lipinski definition) is 8. The summed E-state index contributed by atoms with van der Waals surface area (Å²) < 4.78 is 10.1. The highest BCUT2D eigenvalue weighted by Gasteiger charge is 2.40. The quantitative estimate of drug-likeness (QED) is 0.227. The molecule has 2 amide bonds. The van der Waals surface area contributed by atoms with Crippen LogP contribution < -0.4 is 4.74 Å². The number of imide groups is 1. The Morgan fingerprint density at radius 3 is 2.30 bits per heavy atom. The molecule has 0 saturated carbocycles. The maximum Gasteiger partial charge on any atom is 0.337 e. The number of hydrogen-bond donors (Lipinski definition) is 1. The number of hydroxylamine groups is 2. The van der Waals surface area contributed by atoms with Crippen molar-refractivity contribution in [1.82, 2.24) is 5.06 Å². The van der Waals surface area contributed by atoms with E-state index in [4.69, 9.17) is 25.8 Å². The van der Waals surface area contributed by atoms with Crippen LogP contribution in [0, 0.1) is 18.3 Å². The summed E-state index contributed by atoms with van der Waals surface area (Å²) in [4.78, 5) is 65.3. The van der Waals surface area contributed by atoms with Crippen LogP contribution in [0.5, 0.6) is 5.75 Å². The molecule has 33 heavy (non-hydrogen) atoms. The van der Waals surface area contributed by atoms with Crippen LogP contribution in [0.15, 0.2) is 36.4 Å². The lowest BCUT2D eigenvalue weighted by atomic mass is 9.78. The van der Waals surface area contributed by atoms with Gasteiger partial charge in [-0.25, -0.2) is 9.59 Å². The summed E-state index contributed by atoms with van der Waals surface area (Å²) in [6, 6.07) is 6.21. The Morgan fingerprint density at radius 1 is 1.18 bits per heavy atom. The molecule has 1 aliphatic rings. The maximum atomic E-state index is 13.0. The number of carbonyl (C=O) groups is 5.